The quantitative estimate of drug-likeness (QED) is 0.0247. The van der Waals surface area contributed by atoms with E-state index in [2.05, 4.69) is 39.8 Å². The van der Waals surface area contributed by atoms with Crippen LogP contribution in [0.3, 0.4) is 0 Å². The SMILES string of the molecule is CCCCCCCCCCCCCc1cc2cccc(S(=O)(=O)[O-])c2cc1CCCCCCCCCCCCC.CCCCCCCCCCCCCc1cc2cccc(S(=O)(=O)[O-])c2cc1CCCCCCCCCCCCC.[Ca+2]. The van der Waals surface area contributed by atoms with Gasteiger partial charge in [-0.15, -0.1) is 0 Å². The molecule has 0 aliphatic carbocycles. The van der Waals surface area contributed by atoms with E-state index in [1.54, 1.807) is 12.1 Å². The van der Waals surface area contributed by atoms with Gasteiger partial charge in [-0.2, -0.15) is 0 Å². The van der Waals surface area contributed by atoms with Crippen molar-refractivity contribution in [3.05, 3.63) is 82.9 Å². The molecule has 9 heteroatoms. The van der Waals surface area contributed by atoms with Crippen LogP contribution in [-0.2, 0) is 45.9 Å². The zero-order valence-corrected chi connectivity index (χ0v) is 56.5. The number of hydrogen-bond donors (Lipinski definition) is 0. The summed E-state index contributed by atoms with van der Waals surface area (Å²) in [5.41, 5.74) is 5.17. The van der Waals surface area contributed by atoms with Crippen molar-refractivity contribution in [2.24, 2.45) is 0 Å². The summed E-state index contributed by atoms with van der Waals surface area (Å²) in [6.07, 6.45) is 62.3. The third-order valence-corrected chi connectivity index (χ3v) is 18.8. The Bertz CT molecular complexity index is 2230. The normalized spacial score (nSPS) is 11.8. The van der Waals surface area contributed by atoms with Gasteiger partial charge in [0, 0.05) is 0 Å². The number of benzene rings is 4. The van der Waals surface area contributed by atoms with Crippen molar-refractivity contribution in [3.8, 4) is 0 Å². The predicted molar refractivity (Wildman–Crippen MR) is 350 cm³/mol. The average Bonchev–Trinajstić information content (AvgIpc) is 3.43. The fraction of sp³-hybridized carbons (Fsp3) is 0.722. The van der Waals surface area contributed by atoms with E-state index >= 15 is 0 Å². The molecule has 0 amide bonds. The Morgan fingerprint density at radius 3 is 0.654 bits per heavy atom. The molecule has 0 bridgehead atoms. The second-order valence-electron chi connectivity index (χ2n) is 24.2. The molecular weight excluding hydrogens is 1060 g/mol. The molecule has 4 aromatic rings. The minimum absolute atomic E-state index is 0. The van der Waals surface area contributed by atoms with Crippen molar-refractivity contribution in [3.63, 3.8) is 0 Å². The molecule has 4 aromatic carbocycles. The van der Waals surface area contributed by atoms with Crippen LogP contribution in [0, 0.1) is 0 Å². The van der Waals surface area contributed by atoms with Crippen molar-refractivity contribution < 1.29 is 25.9 Å². The molecule has 4 rings (SSSR count). The van der Waals surface area contributed by atoms with E-state index in [9.17, 15) is 25.9 Å². The summed E-state index contributed by atoms with van der Waals surface area (Å²) >= 11 is 0. The Labute approximate surface area is 529 Å². The molecule has 0 atom stereocenters. The van der Waals surface area contributed by atoms with Crippen LogP contribution in [0.1, 0.15) is 332 Å². The van der Waals surface area contributed by atoms with Gasteiger partial charge in [0.25, 0.3) is 0 Å². The van der Waals surface area contributed by atoms with Gasteiger partial charge in [0.1, 0.15) is 20.2 Å². The van der Waals surface area contributed by atoms with Crippen LogP contribution in [0.5, 0.6) is 0 Å². The summed E-state index contributed by atoms with van der Waals surface area (Å²) in [7, 11) is -8.99. The van der Waals surface area contributed by atoms with Gasteiger partial charge in [-0.3, -0.25) is 0 Å². The standard InChI is InChI=1S/2C36H60O3S.Ca/c2*1-3-5-7-9-11-13-15-17-19-21-23-26-32-30-34-28-25-29-36(40(37,38)39)35(34)31-33(32)27-24-22-20-18-16-14-12-10-8-6-4-2;/h2*25,28-31H,3-24,26-27H2,1-2H3,(H,37,38,39);/q;;+2/p-2. The van der Waals surface area contributed by atoms with E-state index in [4.69, 9.17) is 0 Å². The van der Waals surface area contributed by atoms with Crippen molar-refractivity contribution in [2.75, 3.05) is 0 Å². The summed E-state index contributed by atoms with van der Waals surface area (Å²) in [5, 5.41) is 2.94. The number of unbranched alkanes of at least 4 members (excludes halogenated alkanes) is 40. The van der Waals surface area contributed by atoms with E-state index in [1.165, 1.54) is 304 Å². The Kier molecular flexibility index (Phi) is 45.3. The summed E-state index contributed by atoms with van der Waals surface area (Å²) < 4.78 is 71.6. The zero-order valence-electron chi connectivity index (χ0n) is 52.7. The Morgan fingerprint density at radius 1 is 0.272 bits per heavy atom. The maximum absolute atomic E-state index is 11.9. The van der Waals surface area contributed by atoms with E-state index in [1.807, 2.05) is 24.3 Å². The Balaban J connectivity index is 0.000000547. The van der Waals surface area contributed by atoms with Gasteiger partial charge in [-0.1, -0.05) is 321 Å². The Morgan fingerprint density at radius 2 is 0.457 bits per heavy atom. The van der Waals surface area contributed by atoms with Crippen molar-refractivity contribution >= 4 is 79.5 Å². The predicted octanol–water partition coefficient (Wildman–Crippen LogP) is 22.5. The van der Waals surface area contributed by atoms with Crippen molar-refractivity contribution in [1.82, 2.24) is 0 Å². The summed E-state index contributed by atoms with van der Waals surface area (Å²) in [6, 6.07) is 18.6. The topological polar surface area (TPSA) is 114 Å². The zero-order chi connectivity index (χ0) is 57.8. The maximum atomic E-state index is 11.9. The molecule has 0 saturated carbocycles. The fourth-order valence-electron chi connectivity index (χ4n) is 12.1. The van der Waals surface area contributed by atoms with Crippen LogP contribution < -0.4 is 0 Å². The summed E-state index contributed by atoms with van der Waals surface area (Å²) in [4.78, 5) is -0.155. The molecule has 0 fully saturated rings. The van der Waals surface area contributed by atoms with Gasteiger partial charge >= 0.3 is 37.7 Å². The molecule has 0 aromatic heterocycles. The second kappa shape index (κ2) is 48.6. The number of rotatable bonds is 50. The van der Waals surface area contributed by atoms with Crippen LogP contribution >= 0.6 is 0 Å². The molecule has 0 unspecified atom stereocenters. The van der Waals surface area contributed by atoms with E-state index < -0.39 is 20.2 Å². The number of hydrogen-bond acceptors (Lipinski definition) is 6. The third kappa shape index (κ3) is 35.0. The smallest absolute Gasteiger partial charge is 0.744 e. The molecule has 0 aliphatic heterocycles. The van der Waals surface area contributed by atoms with Crippen LogP contribution in [0.4, 0.5) is 0 Å². The van der Waals surface area contributed by atoms with Crippen LogP contribution in [0.25, 0.3) is 21.5 Å². The molecule has 0 spiro atoms. The molecule has 0 N–H and O–H groups in total. The molecule has 456 valence electrons. The molecule has 81 heavy (non-hydrogen) atoms. The first-order chi connectivity index (χ1) is 38.9. The molecule has 6 nitrogen and oxygen atoms in total. The minimum Gasteiger partial charge on any atom is -0.744 e. The summed E-state index contributed by atoms with van der Waals surface area (Å²) in [5.74, 6) is 0. The molecule has 0 heterocycles. The monoisotopic (exact) mass is 1180 g/mol. The first-order valence-electron chi connectivity index (χ1n) is 33.9. The maximum Gasteiger partial charge on any atom is 2.00 e. The molecular formula is C72H118CaO6S2. The second-order valence-corrected chi connectivity index (χ2v) is 26.9. The van der Waals surface area contributed by atoms with E-state index in [-0.39, 0.29) is 47.5 Å². The molecule has 0 saturated heterocycles. The van der Waals surface area contributed by atoms with Gasteiger partial charge in [-0.05, 0) is 119 Å². The van der Waals surface area contributed by atoms with Crippen LogP contribution in [0.2, 0.25) is 0 Å². The third-order valence-electron chi connectivity index (χ3n) is 17.1. The largest absolute Gasteiger partial charge is 2.00 e. The van der Waals surface area contributed by atoms with Gasteiger partial charge in [0.2, 0.25) is 0 Å². The fourth-order valence-corrected chi connectivity index (χ4v) is 13.4. The summed E-state index contributed by atoms with van der Waals surface area (Å²) in [6.45, 7) is 9.08. The number of aryl methyl sites for hydroxylation is 4. The van der Waals surface area contributed by atoms with Gasteiger partial charge in [0.15, 0.2) is 0 Å². The first kappa shape index (κ1) is 75.6. The van der Waals surface area contributed by atoms with Gasteiger partial charge in [0.05, 0.1) is 9.79 Å². The Hall–Kier alpha value is -1.52. The van der Waals surface area contributed by atoms with Gasteiger partial charge in [-0.25, -0.2) is 16.8 Å². The minimum atomic E-state index is -4.49. The van der Waals surface area contributed by atoms with Gasteiger partial charge < -0.3 is 9.11 Å². The molecule has 0 radical (unpaired) electrons. The first-order valence-corrected chi connectivity index (χ1v) is 36.8. The molecule has 0 aliphatic rings. The van der Waals surface area contributed by atoms with Crippen LogP contribution in [0.15, 0.2) is 70.5 Å². The number of fused-ring (bicyclic) bond motifs is 2. The van der Waals surface area contributed by atoms with E-state index in [0.717, 1.165) is 49.3 Å². The van der Waals surface area contributed by atoms with Crippen molar-refractivity contribution in [1.29, 1.82) is 0 Å². The van der Waals surface area contributed by atoms with Crippen molar-refractivity contribution in [2.45, 2.75) is 346 Å². The average molecular weight is 1180 g/mol. The van der Waals surface area contributed by atoms with Crippen LogP contribution in [-0.4, -0.2) is 63.7 Å². The van der Waals surface area contributed by atoms with E-state index in [0.29, 0.717) is 10.8 Å².